The second-order valence-corrected chi connectivity index (χ2v) is 4.20. The van der Waals surface area contributed by atoms with E-state index in [1.165, 1.54) is 0 Å². The highest BCUT2D eigenvalue weighted by Gasteiger charge is 2.07. The van der Waals surface area contributed by atoms with Crippen molar-refractivity contribution < 1.29 is 14.7 Å². The van der Waals surface area contributed by atoms with Gasteiger partial charge in [-0.15, -0.1) is 0 Å². The number of hydrogen-bond acceptors (Lipinski definition) is 3. The molecule has 0 spiro atoms. The van der Waals surface area contributed by atoms with Crippen molar-refractivity contribution in [2.45, 2.75) is 20.0 Å². The fourth-order valence-electron chi connectivity index (χ4n) is 1.29. The Morgan fingerprint density at radius 2 is 1.83 bits per heavy atom. The molecule has 0 aliphatic carbocycles. The van der Waals surface area contributed by atoms with Gasteiger partial charge in [-0.25, -0.2) is 0 Å². The van der Waals surface area contributed by atoms with Crippen LogP contribution < -0.4 is 10.6 Å². The molecule has 98 valence electrons. The van der Waals surface area contributed by atoms with Crippen LogP contribution in [-0.2, 0) is 4.79 Å². The maximum atomic E-state index is 11.7. The molecule has 0 radical (unpaired) electrons. The van der Waals surface area contributed by atoms with Crippen molar-refractivity contribution in [2.24, 2.45) is 0 Å². The molecule has 0 saturated carbocycles. The molecule has 0 aliphatic rings. The van der Waals surface area contributed by atoms with E-state index in [-0.39, 0.29) is 24.9 Å². The molecule has 0 aromatic heterocycles. The van der Waals surface area contributed by atoms with Gasteiger partial charge < -0.3 is 15.7 Å². The van der Waals surface area contributed by atoms with Crippen molar-refractivity contribution in [2.75, 3.05) is 13.1 Å². The Labute approximate surface area is 106 Å². The van der Waals surface area contributed by atoms with Crippen LogP contribution in [0.3, 0.4) is 0 Å². The maximum Gasteiger partial charge on any atom is 0.251 e. The Morgan fingerprint density at radius 1 is 1.22 bits per heavy atom. The van der Waals surface area contributed by atoms with Gasteiger partial charge in [-0.3, -0.25) is 9.59 Å². The van der Waals surface area contributed by atoms with Crippen LogP contribution in [0.4, 0.5) is 0 Å². The van der Waals surface area contributed by atoms with E-state index >= 15 is 0 Å². The minimum Gasteiger partial charge on any atom is -0.392 e. The van der Waals surface area contributed by atoms with E-state index in [9.17, 15) is 9.59 Å². The molecule has 1 atom stereocenters. The molecule has 18 heavy (non-hydrogen) atoms. The zero-order chi connectivity index (χ0) is 13.5. The number of aliphatic hydroxyl groups is 1. The highest BCUT2D eigenvalue weighted by molar-refractivity contribution is 5.96. The molecule has 1 aromatic carbocycles. The number of aryl methyl sites for hydroxylation is 1. The summed E-state index contributed by atoms with van der Waals surface area (Å²) < 4.78 is 0. The van der Waals surface area contributed by atoms with Gasteiger partial charge in [-0.05, 0) is 26.0 Å². The Bertz CT molecular complexity index is 413. The summed E-state index contributed by atoms with van der Waals surface area (Å²) in [5.74, 6) is -0.612. The third-order valence-corrected chi connectivity index (χ3v) is 2.32. The summed E-state index contributed by atoms with van der Waals surface area (Å²) in [5.41, 5.74) is 1.59. The normalized spacial score (nSPS) is 11.7. The maximum absolute atomic E-state index is 11.7. The zero-order valence-electron chi connectivity index (χ0n) is 10.6. The first kappa shape index (κ1) is 14.2. The van der Waals surface area contributed by atoms with Crippen molar-refractivity contribution in [3.63, 3.8) is 0 Å². The number of carbonyl (C=O) groups excluding carboxylic acids is 2. The zero-order valence-corrected chi connectivity index (χ0v) is 10.6. The van der Waals surface area contributed by atoms with Crippen molar-refractivity contribution in [1.29, 1.82) is 0 Å². The molecular weight excluding hydrogens is 232 g/mol. The fraction of sp³-hybridized carbons (Fsp3) is 0.385. The van der Waals surface area contributed by atoms with Gasteiger partial charge in [0.05, 0.1) is 12.6 Å². The summed E-state index contributed by atoms with van der Waals surface area (Å²) in [6.45, 7) is 3.59. The van der Waals surface area contributed by atoms with E-state index in [1.54, 1.807) is 19.1 Å². The average Bonchev–Trinajstić information content (AvgIpc) is 2.34. The molecule has 3 N–H and O–H groups in total. The Hall–Kier alpha value is -1.88. The number of amides is 2. The van der Waals surface area contributed by atoms with E-state index in [1.807, 2.05) is 19.1 Å². The molecule has 0 unspecified atom stereocenters. The lowest BCUT2D eigenvalue weighted by Gasteiger charge is -2.08. The first-order chi connectivity index (χ1) is 8.49. The van der Waals surface area contributed by atoms with Crippen molar-refractivity contribution in [3.05, 3.63) is 35.4 Å². The van der Waals surface area contributed by atoms with Crippen molar-refractivity contribution >= 4 is 11.8 Å². The topological polar surface area (TPSA) is 78.4 Å². The minimum atomic E-state index is -0.596. The van der Waals surface area contributed by atoms with Crippen LogP contribution in [0.2, 0.25) is 0 Å². The van der Waals surface area contributed by atoms with E-state index in [4.69, 9.17) is 5.11 Å². The van der Waals surface area contributed by atoms with Crippen LogP contribution in [0.25, 0.3) is 0 Å². The third-order valence-electron chi connectivity index (χ3n) is 2.32. The summed E-state index contributed by atoms with van der Waals surface area (Å²) in [7, 11) is 0. The molecule has 0 fully saturated rings. The van der Waals surface area contributed by atoms with Gasteiger partial charge in [0.15, 0.2) is 0 Å². The monoisotopic (exact) mass is 250 g/mol. The van der Waals surface area contributed by atoms with Crippen LogP contribution in [0.15, 0.2) is 24.3 Å². The fourth-order valence-corrected chi connectivity index (χ4v) is 1.29. The van der Waals surface area contributed by atoms with Gasteiger partial charge in [0, 0.05) is 12.1 Å². The molecule has 2 amide bonds. The summed E-state index contributed by atoms with van der Waals surface area (Å²) >= 11 is 0. The first-order valence-electron chi connectivity index (χ1n) is 5.78. The Morgan fingerprint density at radius 3 is 2.39 bits per heavy atom. The molecule has 0 aliphatic heterocycles. The van der Waals surface area contributed by atoms with Crippen LogP contribution in [0.5, 0.6) is 0 Å². The predicted octanol–water partition coefficient (Wildman–Crippen LogP) is 0.222. The van der Waals surface area contributed by atoms with Crippen molar-refractivity contribution in [1.82, 2.24) is 10.6 Å². The summed E-state index contributed by atoms with van der Waals surface area (Å²) in [6.07, 6.45) is -0.596. The van der Waals surface area contributed by atoms with Gasteiger partial charge in [-0.1, -0.05) is 17.7 Å². The smallest absolute Gasteiger partial charge is 0.251 e. The second kappa shape index (κ2) is 6.76. The number of carbonyl (C=O) groups is 2. The lowest BCUT2D eigenvalue weighted by Crippen LogP contribution is -2.39. The molecule has 0 bridgehead atoms. The van der Waals surface area contributed by atoms with Crippen LogP contribution in [0, 0.1) is 6.92 Å². The van der Waals surface area contributed by atoms with E-state index < -0.39 is 6.10 Å². The molecule has 5 heteroatoms. The number of rotatable bonds is 5. The number of hydrogen-bond donors (Lipinski definition) is 3. The highest BCUT2D eigenvalue weighted by Crippen LogP contribution is 2.02. The molecular formula is C13H18N2O3. The number of benzene rings is 1. The van der Waals surface area contributed by atoms with E-state index in [0.29, 0.717) is 5.56 Å². The number of aliphatic hydroxyl groups excluding tert-OH is 1. The molecule has 0 heterocycles. The lowest BCUT2D eigenvalue weighted by atomic mass is 10.1. The predicted molar refractivity (Wildman–Crippen MR) is 68.2 cm³/mol. The summed E-state index contributed by atoms with van der Waals surface area (Å²) in [6, 6.07) is 7.08. The van der Waals surface area contributed by atoms with Crippen LogP contribution in [0.1, 0.15) is 22.8 Å². The largest absolute Gasteiger partial charge is 0.392 e. The lowest BCUT2D eigenvalue weighted by molar-refractivity contribution is -0.120. The van der Waals surface area contributed by atoms with Gasteiger partial charge in [-0.2, -0.15) is 0 Å². The van der Waals surface area contributed by atoms with Gasteiger partial charge in [0.25, 0.3) is 5.91 Å². The summed E-state index contributed by atoms with van der Waals surface area (Å²) in [4.78, 5) is 23.0. The third kappa shape index (κ3) is 4.97. The Kier molecular flexibility index (Phi) is 5.32. The first-order valence-corrected chi connectivity index (χ1v) is 5.78. The summed E-state index contributed by atoms with van der Waals surface area (Å²) in [5, 5.41) is 14.0. The quantitative estimate of drug-likeness (QED) is 0.699. The SMILES string of the molecule is Cc1ccc(C(=O)NCC(=O)NC[C@@H](C)O)cc1. The van der Waals surface area contributed by atoms with Gasteiger partial charge in [0.1, 0.15) is 0 Å². The molecule has 1 aromatic rings. The second-order valence-electron chi connectivity index (χ2n) is 4.20. The van der Waals surface area contributed by atoms with Gasteiger partial charge >= 0.3 is 0 Å². The molecule has 0 saturated heterocycles. The minimum absolute atomic E-state index is 0.0978. The Balaban J connectivity index is 2.37. The highest BCUT2D eigenvalue weighted by atomic mass is 16.3. The van der Waals surface area contributed by atoms with Crippen LogP contribution >= 0.6 is 0 Å². The van der Waals surface area contributed by atoms with Crippen molar-refractivity contribution in [3.8, 4) is 0 Å². The number of nitrogens with one attached hydrogen (secondary N) is 2. The average molecular weight is 250 g/mol. The van der Waals surface area contributed by atoms with E-state index in [0.717, 1.165) is 5.56 Å². The van der Waals surface area contributed by atoms with E-state index in [2.05, 4.69) is 10.6 Å². The standard InChI is InChI=1S/C13H18N2O3/c1-9-3-5-11(6-4-9)13(18)15-8-12(17)14-7-10(2)16/h3-6,10,16H,7-8H2,1-2H3,(H,14,17)(H,15,18)/t10-/m1/s1. The molecule has 1 rings (SSSR count). The molecule has 5 nitrogen and oxygen atoms in total. The van der Waals surface area contributed by atoms with Crippen LogP contribution in [-0.4, -0.2) is 36.1 Å². The van der Waals surface area contributed by atoms with Gasteiger partial charge in [0.2, 0.25) is 5.91 Å².